The van der Waals surface area contributed by atoms with Crippen molar-refractivity contribution in [3.63, 3.8) is 0 Å². The molecule has 0 unspecified atom stereocenters. The SMILES string of the molecule is Cc1cc(OC(C)C)nc(NCCc2ccco2)n1. The van der Waals surface area contributed by atoms with Gasteiger partial charge in [-0.25, -0.2) is 4.98 Å². The zero-order valence-corrected chi connectivity index (χ0v) is 11.5. The third-order valence-corrected chi connectivity index (χ3v) is 2.42. The van der Waals surface area contributed by atoms with Crippen LogP contribution in [0.4, 0.5) is 5.95 Å². The molecule has 2 rings (SSSR count). The van der Waals surface area contributed by atoms with Crippen LogP contribution in [0.2, 0.25) is 0 Å². The summed E-state index contributed by atoms with van der Waals surface area (Å²) in [7, 11) is 0. The molecule has 19 heavy (non-hydrogen) atoms. The molecule has 0 saturated heterocycles. The number of aromatic nitrogens is 2. The minimum absolute atomic E-state index is 0.102. The first-order valence-corrected chi connectivity index (χ1v) is 6.42. The number of rotatable bonds is 6. The first-order valence-electron chi connectivity index (χ1n) is 6.42. The first kappa shape index (κ1) is 13.4. The molecule has 0 aliphatic rings. The third-order valence-electron chi connectivity index (χ3n) is 2.42. The van der Waals surface area contributed by atoms with Crippen molar-refractivity contribution in [2.24, 2.45) is 0 Å². The van der Waals surface area contributed by atoms with E-state index in [0.717, 1.165) is 24.4 Å². The number of furan rings is 1. The second-order valence-corrected chi connectivity index (χ2v) is 4.59. The molecule has 2 aromatic heterocycles. The molecule has 0 spiro atoms. The number of nitrogens with zero attached hydrogens (tertiary/aromatic N) is 2. The Labute approximate surface area is 113 Å². The number of nitrogens with one attached hydrogen (secondary N) is 1. The molecule has 0 aliphatic carbocycles. The summed E-state index contributed by atoms with van der Waals surface area (Å²) in [5.74, 6) is 2.13. The van der Waals surface area contributed by atoms with E-state index in [0.29, 0.717) is 11.8 Å². The fourth-order valence-corrected chi connectivity index (χ4v) is 1.67. The summed E-state index contributed by atoms with van der Waals surface area (Å²) < 4.78 is 10.8. The molecular formula is C14H19N3O2. The molecule has 0 aromatic carbocycles. The van der Waals surface area contributed by atoms with Gasteiger partial charge in [0.2, 0.25) is 11.8 Å². The molecular weight excluding hydrogens is 242 g/mol. The van der Waals surface area contributed by atoms with Crippen LogP contribution in [0.15, 0.2) is 28.9 Å². The first-order chi connectivity index (χ1) is 9.13. The van der Waals surface area contributed by atoms with Gasteiger partial charge in [-0.2, -0.15) is 4.98 Å². The monoisotopic (exact) mass is 261 g/mol. The zero-order valence-electron chi connectivity index (χ0n) is 11.5. The van der Waals surface area contributed by atoms with Gasteiger partial charge < -0.3 is 14.5 Å². The van der Waals surface area contributed by atoms with Crippen LogP contribution in [0, 0.1) is 6.92 Å². The minimum Gasteiger partial charge on any atom is -0.475 e. The Morgan fingerprint density at radius 3 is 2.89 bits per heavy atom. The van der Waals surface area contributed by atoms with Crippen molar-refractivity contribution in [1.82, 2.24) is 9.97 Å². The van der Waals surface area contributed by atoms with E-state index >= 15 is 0 Å². The Morgan fingerprint density at radius 2 is 2.21 bits per heavy atom. The van der Waals surface area contributed by atoms with Crippen molar-refractivity contribution in [1.29, 1.82) is 0 Å². The average molecular weight is 261 g/mol. The highest BCUT2D eigenvalue weighted by Crippen LogP contribution is 2.13. The van der Waals surface area contributed by atoms with Crippen molar-refractivity contribution < 1.29 is 9.15 Å². The second kappa shape index (κ2) is 6.22. The number of hydrogen-bond donors (Lipinski definition) is 1. The van der Waals surface area contributed by atoms with Gasteiger partial charge in [0.15, 0.2) is 0 Å². The highest BCUT2D eigenvalue weighted by molar-refractivity contribution is 5.30. The summed E-state index contributed by atoms with van der Waals surface area (Å²) >= 11 is 0. The van der Waals surface area contributed by atoms with Crippen LogP contribution in [0.3, 0.4) is 0 Å². The Balaban J connectivity index is 1.93. The Kier molecular flexibility index (Phi) is 4.39. The van der Waals surface area contributed by atoms with Gasteiger partial charge in [-0.15, -0.1) is 0 Å². The van der Waals surface area contributed by atoms with Gasteiger partial charge >= 0.3 is 0 Å². The van der Waals surface area contributed by atoms with Crippen LogP contribution in [0.5, 0.6) is 5.88 Å². The fraction of sp³-hybridized carbons (Fsp3) is 0.429. The van der Waals surface area contributed by atoms with Crippen molar-refractivity contribution >= 4 is 5.95 Å². The van der Waals surface area contributed by atoms with Crippen LogP contribution in [0.1, 0.15) is 25.3 Å². The molecule has 0 bridgehead atoms. The van der Waals surface area contributed by atoms with Gasteiger partial charge in [-0.3, -0.25) is 0 Å². The lowest BCUT2D eigenvalue weighted by Crippen LogP contribution is -2.11. The van der Waals surface area contributed by atoms with Crippen molar-refractivity contribution in [3.8, 4) is 5.88 Å². The fourth-order valence-electron chi connectivity index (χ4n) is 1.67. The van der Waals surface area contributed by atoms with Crippen LogP contribution in [-0.4, -0.2) is 22.6 Å². The van der Waals surface area contributed by atoms with E-state index in [2.05, 4.69) is 15.3 Å². The highest BCUT2D eigenvalue weighted by Gasteiger charge is 2.05. The molecule has 102 valence electrons. The summed E-state index contributed by atoms with van der Waals surface area (Å²) in [6, 6.07) is 5.66. The number of anilines is 1. The Hall–Kier alpha value is -2.04. The molecule has 0 amide bonds. The molecule has 5 heteroatoms. The maximum atomic E-state index is 5.58. The van der Waals surface area contributed by atoms with E-state index in [1.165, 1.54) is 0 Å². The van der Waals surface area contributed by atoms with Gasteiger partial charge in [0, 0.05) is 24.7 Å². The molecule has 2 aromatic rings. The van der Waals surface area contributed by atoms with E-state index in [1.54, 1.807) is 6.26 Å². The summed E-state index contributed by atoms with van der Waals surface area (Å²) in [6.07, 6.45) is 2.57. The molecule has 5 nitrogen and oxygen atoms in total. The summed E-state index contributed by atoms with van der Waals surface area (Å²) in [4.78, 5) is 8.64. The second-order valence-electron chi connectivity index (χ2n) is 4.59. The number of ether oxygens (including phenoxy) is 1. The van der Waals surface area contributed by atoms with E-state index in [4.69, 9.17) is 9.15 Å². The van der Waals surface area contributed by atoms with Crippen molar-refractivity contribution in [2.75, 3.05) is 11.9 Å². The molecule has 0 aliphatic heterocycles. The molecule has 0 radical (unpaired) electrons. The predicted molar refractivity (Wildman–Crippen MR) is 73.4 cm³/mol. The van der Waals surface area contributed by atoms with Gasteiger partial charge in [0.05, 0.1) is 12.4 Å². The molecule has 0 fully saturated rings. The maximum absolute atomic E-state index is 5.58. The average Bonchev–Trinajstić information content (AvgIpc) is 2.80. The number of hydrogen-bond acceptors (Lipinski definition) is 5. The molecule has 2 heterocycles. The van der Waals surface area contributed by atoms with E-state index in [-0.39, 0.29) is 6.10 Å². The van der Waals surface area contributed by atoms with Crippen molar-refractivity contribution in [3.05, 3.63) is 35.9 Å². The van der Waals surface area contributed by atoms with E-state index in [9.17, 15) is 0 Å². The summed E-state index contributed by atoms with van der Waals surface area (Å²) in [5.41, 5.74) is 0.881. The highest BCUT2D eigenvalue weighted by atomic mass is 16.5. The van der Waals surface area contributed by atoms with Gasteiger partial charge in [0.1, 0.15) is 5.76 Å². The maximum Gasteiger partial charge on any atom is 0.226 e. The van der Waals surface area contributed by atoms with Crippen LogP contribution in [0.25, 0.3) is 0 Å². The third kappa shape index (κ3) is 4.28. The Bertz CT molecular complexity index is 509. The smallest absolute Gasteiger partial charge is 0.226 e. The van der Waals surface area contributed by atoms with Crippen LogP contribution >= 0.6 is 0 Å². The largest absolute Gasteiger partial charge is 0.475 e. The van der Waals surface area contributed by atoms with E-state index in [1.807, 2.05) is 39.0 Å². The lowest BCUT2D eigenvalue weighted by atomic mass is 10.3. The van der Waals surface area contributed by atoms with Crippen molar-refractivity contribution in [2.45, 2.75) is 33.3 Å². The van der Waals surface area contributed by atoms with Crippen LogP contribution in [-0.2, 0) is 6.42 Å². The van der Waals surface area contributed by atoms with Gasteiger partial charge in [0.25, 0.3) is 0 Å². The summed E-state index contributed by atoms with van der Waals surface area (Å²) in [6.45, 7) is 6.59. The standard InChI is InChI=1S/C14H19N3O2/c1-10(2)19-13-9-11(3)16-14(17-13)15-7-6-12-5-4-8-18-12/h4-5,8-10H,6-7H2,1-3H3,(H,15,16,17). The quantitative estimate of drug-likeness (QED) is 0.866. The predicted octanol–water partition coefficient (Wildman–Crippen LogP) is 2.82. The van der Waals surface area contributed by atoms with Crippen LogP contribution < -0.4 is 10.1 Å². The molecule has 0 atom stereocenters. The molecule has 1 N–H and O–H groups in total. The normalized spacial score (nSPS) is 10.7. The van der Waals surface area contributed by atoms with Gasteiger partial charge in [-0.05, 0) is 32.9 Å². The lowest BCUT2D eigenvalue weighted by molar-refractivity contribution is 0.232. The minimum atomic E-state index is 0.102. The topological polar surface area (TPSA) is 60.2 Å². The lowest BCUT2D eigenvalue weighted by Gasteiger charge is -2.11. The number of aryl methyl sites for hydroxylation is 1. The summed E-state index contributed by atoms with van der Waals surface area (Å²) in [5, 5.41) is 3.18. The Morgan fingerprint density at radius 1 is 1.37 bits per heavy atom. The molecule has 0 saturated carbocycles. The van der Waals surface area contributed by atoms with E-state index < -0.39 is 0 Å². The zero-order chi connectivity index (χ0) is 13.7. The van der Waals surface area contributed by atoms with Gasteiger partial charge in [-0.1, -0.05) is 0 Å².